The molecule has 0 aliphatic rings. The van der Waals surface area contributed by atoms with Gasteiger partial charge in [0.25, 0.3) is 0 Å². The number of carbonyl (C=O) groups is 1. The van der Waals surface area contributed by atoms with Gasteiger partial charge in [-0.3, -0.25) is 9.48 Å². The lowest BCUT2D eigenvalue weighted by atomic mass is 9.95. The third-order valence-corrected chi connectivity index (χ3v) is 3.10. The molecule has 0 radical (unpaired) electrons. The van der Waals surface area contributed by atoms with Crippen molar-refractivity contribution < 1.29 is 14.3 Å². The number of hydrogen-bond acceptors (Lipinski definition) is 2. The zero-order valence-electron chi connectivity index (χ0n) is 10.8. The summed E-state index contributed by atoms with van der Waals surface area (Å²) in [4.78, 5) is 10.8. The maximum atomic E-state index is 13.0. The molecular formula is C14H15FN2O2. The van der Waals surface area contributed by atoms with E-state index >= 15 is 0 Å². The first-order valence-electron chi connectivity index (χ1n) is 5.98. The van der Waals surface area contributed by atoms with Gasteiger partial charge in [-0.05, 0) is 30.2 Å². The minimum Gasteiger partial charge on any atom is -0.481 e. The van der Waals surface area contributed by atoms with E-state index in [0.717, 1.165) is 16.8 Å². The smallest absolute Gasteiger partial charge is 0.303 e. The predicted octanol–water partition coefficient (Wildman–Crippen LogP) is 2.80. The summed E-state index contributed by atoms with van der Waals surface area (Å²) in [6.45, 7) is 1.85. The van der Waals surface area contributed by atoms with Crippen molar-refractivity contribution in [3.8, 4) is 11.3 Å². The van der Waals surface area contributed by atoms with Gasteiger partial charge < -0.3 is 5.11 Å². The molecule has 0 spiro atoms. The van der Waals surface area contributed by atoms with Crippen molar-refractivity contribution in [2.24, 2.45) is 7.05 Å². The Morgan fingerprint density at radius 1 is 1.42 bits per heavy atom. The van der Waals surface area contributed by atoms with E-state index in [0.29, 0.717) is 0 Å². The van der Waals surface area contributed by atoms with Gasteiger partial charge in [-0.25, -0.2) is 4.39 Å². The lowest BCUT2D eigenvalue weighted by molar-refractivity contribution is -0.137. The molecule has 5 heteroatoms. The topological polar surface area (TPSA) is 55.1 Å². The number of aliphatic carboxylic acids is 1. The van der Waals surface area contributed by atoms with Crippen LogP contribution in [-0.2, 0) is 11.8 Å². The molecule has 4 nitrogen and oxygen atoms in total. The second-order valence-electron chi connectivity index (χ2n) is 4.58. The van der Waals surface area contributed by atoms with Crippen molar-refractivity contribution in [3.63, 3.8) is 0 Å². The number of carboxylic acid groups (broad SMARTS) is 1. The Morgan fingerprint density at radius 3 is 2.63 bits per heavy atom. The van der Waals surface area contributed by atoms with Crippen LogP contribution < -0.4 is 0 Å². The molecular weight excluding hydrogens is 247 g/mol. The molecule has 0 aliphatic carbocycles. The molecule has 1 atom stereocenters. The normalized spacial score (nSPS) is 12.4. The van der Waals surface area contributed by atoms with Crippen molar-refractivity contribution in [3.05, 3.63) is 41.8 Å². The molecule has 0 amide bonds. The summed E-state index contributed by atoms with van der Waals surface area (Å²) in [6, 6.07) is 6.11. The highest BCUT2D eigenvalue weighted by molar-refractivity contribution is 5.70. The molecule has 0 aliphatic heterocycles. The monoisotopic (exact) mass is 262 g/mol. The zero-order chi connectivity index (χ0) is 14.0. The summed E-state index contributed by atoms with van der Waals surface area (Å²) in [5.74, 6) is -1.29. The summed E-state index contributed by atoms with van der Waals surface area (Å²) < 4.78 is 14.6. The number of nitrogens with zero attached hydrogens (tertiary/aromatic N) is 2. The van der Waals surface area contributed by atoms with Gasteiger partial charge in [-0.15, -0.1) is 0 Å². The summed E-state index contributed by atoms with van der Waals surface area (Å²) >= 11 is 0. The van der Waals surface area contributed by atoms with Gasteiger partial charge in [-0.1, -0.05) is 6.92 Å². The lowest BCUT2D eigenvalue weighted by Gasteiger charge is -2.11. The summed E-state index contributed by atoms with van der Waals surface area (Å²) in [6.07, 6.45) is 1.71. The Labute approximate surface area is 110 Å². The number of hydrogen-bond donors (Lipinski definition) is 1. The number of rotatable bonds is 4. The fourth-order valence-electron chi connectivity index (χ4n) is 2.15. The van der Waals surface area contributed by atoms with Crippen LogP contribution in [0.1, 0.15) is 24.8 Å². The maximum absolute atomic E-state index is 13.0. The molecule has 0 saturated carbocycles. The second-order valence-corrected chi connectivity index (χ2v) is 4.58. The molecule has 19 heavy (non-hydrogen) atoms. The highest BCUT2D eigenvalue weighted by Crippen LogP contribution is 2.30. The Kier molecular flexibility index (Phi) is 3.64. The van der Waals surface area contributed by atoms with Gasteiger partial charge in [-0.2, -0.15) is 5.10 Å². The molecule has 0 fully saturated rings. The fourth-order valence-corrected chi connectivity index (χ4v) is 2.15. The minimum atomic E-state index is -0.846. The standard InChI is InChI=1S/C14H15FN2O2/c1-9(7-13(18)19)12-8-16-17(2)14(12)10-3-5-11(15)6-4-10/h3-6,8-9H,7H2,1-2H3,(H,18,19). The number of benzene rings is 1. The summed E-state index contributed by atoms with van der Waals surface area (Å²) in [5.41, 5.74) is 2.51. The average Bonchev–Trinajstić information content (AvgIpc) is 2.71. The molecule has 0 saturated heterocycles. The van der Waals surface area contributed by atoms with Crippen molar-refractivity contribution in [1.82, 2.24) is 9.78 Å². The quantitative estimate of drug-likeness (QED) is 0.921. The largest absolute Gasteiger partial charge is 0.481 e. The van der Waals surface area contributed by atoms with Crippen LogP contribution >= 0.6 is 0 Å². The summed E-state index contributed by atoms with van der Waals surface area (Å²) in [5, 5.41) is 13.0. The molecule has 2 aromatic rings. The average molecular weight is 262 g/mol. The van der Waals surface area contributed by atoms with E-state index in [-0.39, 0.29) is 18.2 Å². The SMILES string of the molecule is CC(CC(=O)O)c1cnn(C)c1-c1ccc(F)cc1. The second kappa shape index (κ2) is 5.22. The van der Waals surface area contributed by atoms with E-state index in [1.165, 1.54) is 12.1 Å². The zero-order valence-corrected chi connectivity index (χ0v) is 10.8. The van der Waals surface area contributed by atoms with Crippen LogP contribution in [0.15, 0.2) is 30.5 Å². The van der Waals surface area contributed by atoms with Gasteiger partial charge in [0.15, 0.2) is 0 Å². The third-order valence-electron chi connectivity index (χ3n) is 3.10. The van der Waals surface area contributed by atoms with Gasteiger partial charge in [0.1, 0.15) is 5.82 Å². The molecule has 1 unspecified atom stereocenters. The molecule has 1 aromatic carbocycles. The number of carboxylic acids is 1. The molecule has 0 bridgehead atoms. The number of halogens is 1. The third kappa shape index (κ3) is 2.81. The maximum Gasteiger partial charge on any atom is 0.303 e. The van der Waals surface area contributed by atoms with E-state index in [4.69, 9.17) is 5.11 Å². The van der Waals surface area contributed by atoms with E-state index < -0.39 is 5.97 Å². The van der Waals surface area contributed by atoms with E-state index in [2.05, 4.69) is 5.10 Å². The van der Waals surface area contributed by atoms with Gasteiger partial charge in [0.2, 0.25) is 0 Å². The molecule has 1 heterocycles. The van der Waals surface area contributed by atoms with Crippen LogP contribution in [0.3, 0.4) is 0 Å². The number of aromatic nitrogens is 2. The van der Waals surface area contributed by atoms with E-state index in [9.17, 15) is 9.18 Å². The Bertz CT molecular complexity index is 590. The van der Waals surface area contributed by atoms with E-state index in [1.54, 1.807) is 30.1 Å². The molecule has 2 rings (SSSR count). The number of aryl methyl sites for hydroxylation is 1. The lowest BCUT2D eigenvalue weighted by Crippen LogP contribution is -2.04. The first-order chi connectivity index (χ1) is 8.99. The Hall–Kier alpha value is -2.17. The molecule has 1 aromatic heterocycles. The van der Waals surface area contributed by atoms with Crippen molar-refractivity contribution in [2.45, 2.75) is 19.3 Å². The van der Waals surface area contributed by atoms with Crippen LogP contribution in [0.25, 0.3) is 11.3 Å². The Morgan fingerprint density at radius 2 is 2.05 bits per heavy atom. The highest BCUT2D eigenvalue weighted by atomic mass is 19.1. The van der Waals surface area contributed by atoms with Gasteiger partial charge in [0, 0.05) is 18.2 Å². The first-order valence-corrected chi connectivity index (χ1v) is 5.98. The first kappa shape index (κ1) is 13.3. The van der Waals surface area contributed by atoms with Crippen LogP contribution in [0.2, 0.25) is 0 Å². The van der Waals surface area contributed by atoms with Crippen LogP contribution in [-0.4, -0.2) is 20.9 Å². The van der Waals surface area contributed by atoms with Crippen LogP contribution in [0.4, 0.5) is 4.39 Å². The fraction of sp³-hybridized carbons (Fsp3) is 0.286. The highest BCUT2D eigenvalue weighted by Gasteiger charge is 2.18. The van der Waals surface area contributed by atoms with Gasteiger partial charge >= 0.3 is 5.97 Å². The van der Waals surface area contributed by atoms with Crippen molar-refractivity contribution in [1.29, 1.82) is 0 Å². The minimum absolute atomic E-state index is 0.0416. The van der Waals surface area contributed by atoms with Gasteiger partial charge in [0.05, 0.1) is 18.3 Å². The molecule has 100 valence electrons. The predicted molar refractivity (Wildman–Crippen MR) is 69.3 cm³/mol. The van der Waals surface area contributed by atoms with Crippen molar-refractivity contribution in [2.75, 3.05) is 0 Å². The van der Waals surface area contributed by atoms with E-state index in [1.807, 2.05) is 6.92 Å². The summed E-state index contributed by atoms with van der Waals surface area (Å²) in [7, 11) is 1.79. The Balaban J connectivity index is 2.42. The molecule has 1 N–H and O–H groups in total. The van der Waals surface area contributed by atoms with Crippen LogP contribution in [0, 0.1) is 5.82 Å². The van der Waals surface area contributed by atoms with Crippen LogP contribution in [0.5, 0.6) is 0 Å². The van der Waals surface area contributed by atoms with Crippen molar-refractivity contribution >= 4 is 5.97 Å².